The second kappa shape index (κ2) is 4.56. The van der Waals surface area contributed by atoms with Crippen molar-refractivity contribution in [1.82, 2.24) is 4.90 Å². The Morgan fingerprint density at radius 3 is 2.74 bits per heavy atom. The first kappa shape index (κ1) is 14.0. The molecule has 122 valence electrons. The van der Waals surface area contributed by atoms with E-state index in [1.165, 1.54) is 16.7 Å². The fourth-order valence-electron chi connectivity index (χ4n) is 5.39. The molecule has 1 spiro atoms. The van der Waals surface area contributed by atoms with Crippen LogP contribution < -0.4 is 0 Å². The average molecular weight is 315 g/mol. The number of hydrogen-bond donors (Lipinski definition) is 2. The third kappa shape index (κ3) is 1.70. The van der Waals surface area contributed by atoms with Crippen molar-refractivity contribution in [1.29, 1.82) is 0 Å². The van der Waals surface area contributed by atoms with E-state index in [9.17, 15) is 15.0 Å². The Hall–Kier alpha value is -1.43. The Morgan fingerprint density at radius 1 is 1.13 bits per heavy atom. The van der Waals surface area contributed by atoms with Gasteiger partial charge < -0.3 is 19.8 Å². The molecule has 1 saturated carbocycles. The van der Waals surface area contributed by atoms with Gasteiger partial charge in [0.25, 0.3) is 0 Å². The second-order valence-corrected chi connectivity index (χ2v) is 7.45. The van der Waals surface area contributed by atoms with Gasteiger partial charge in [-0.05, 0) is 41.5 Å². The van der Waals surface area contributed by atoms with Gasteiger partial charge in [-0.1, -0.05) is 12.1 Å². The quantitative estimate of drug-likeness (QED) is 0.744. The van der Waals surface area contributed by atoms with Crippen molar-refractivity contribution >= 4 is 5.91 Å². The van der Waals surface area contributed by atoms with Crippen LogP contribution in [0.25, 0.3) is 0 Å². The number of amides is 1. The maximum absolute atomic E-state index is 12.4. The topological polar surface area (TPSA) is 70.0 Å². The Bertz CT molecular complexity index is 703. The summed E-state index contributed by atoms with van der Waals surface area (Å²) in [5.74, 6) is -0.0210. The summed E-state index contributed by atoms with van der Waals surface area (Å²) >= 11 is 0. The first-order chi connectivity index (χ1) is 11.1. The molecule has 0 unspecified atom stereocenters. The van der Waals surface area contributed by atoms with Crippen LogP contribution in [-0.2, 0) is 29.2 Å². The van der Waals surface area contributed by atoms with Crippen LogP contribution in [0.2, 0.25) is 0 Å². The van der Waals surface area contributed by atoms with E-state index in [1.807, 2.05) is 4.90 Å². The molecule has 1 aromatic rings. The number of hydrogen-bond acceptors (Lipinski definition) is 4. The molecule has 1 aliphatic carbocycles. The summed E-state index contributed by atoms with van der Waals surface area (Å²) in [5.41, 5.74) is 4.32. The lowest BCUT2D eigenvalue weighted by Crippen LogP contribution is -2.48. The highest BCUT2D eigenvalue weighted by atomic mass is 16.5. The van der Waals surface area contributed by atoms with Gasteiger partial charge in [0.1, 0.15) is 0 Å². The Morgan fingerprint density at radius 2 is 1.91 bits per heavy atom. The van der Waals surface area contributed by atoms with E-state index < -0.39 is 17.7 Å². The minimum absolute atomic E-state index is 0.167. The Balaban J connectivity index is 1.71. The summed E-state index contributed by atoms with van der Waals surface area (Å²) < 4.78 is 5.55. The zero-order chi connectivity index (χ0) is 15.8. The molecule has 3 heterocycles. The van der Waals surface area contributed by atoms with Crippen LogP contribution >= 0.6 is 0 Å². The van der Waals surface area contributed by atoms with Crippen LogP contribution in [0.4, 0.5) is 0 Å². The number of benzene rings is 1. The molecule has 0 radical (unpaired) electrons. The van der Waals surface area contributed by atoms with Gasteiger partial charge in [0.15, 0.2) is 0 Å². The molecule has 0 bridgehead atoms. The van der Waals surface area contributed by atoms with Gasteiger partial charge in [0.05, 0.1) is 31.0 Å². The SMILES string of the molecule is O=C1CC[C@]23C[C@H](O)[C@H](O)[C@H]2c2cc4c(cc2CCN13)COC4. The van der Waals surface area contributed by atoms with E-state index in [0.717, 1.165) is 18.4 Å². The zero-order valence-corrected chi connectivity index (χ0v) is 13.0. The summed E-state index contributed by atoms with van der Waals surface area (Å²) in [4.78, 5) is 14.4. The minimum Gasteiger partial charge on any atom is -0.390 e. The highest BCUT2D eigenvalue weighted by molar-refractivity contribution is 5.80. The summed E-state index contributed by atoms with van der Waals surface area (Å²) in [7, 11) is 0. The van der Waals surface area contributed by atoms with Crippen molar-refractivity contribution in [3.05, 3.63) is 34.4 Å². The molecule has 23 heavy (non-hydrogen) atoms. The van der Waals surface area contributed by atoms with Crippen LogP contribution in [0, 0.1) is 0 Å². The van der Waals surface area contributed by atoms with E-state index in [1.54, 1.807) is 0 Å². The number of carbonyl (C=O) groups excluding carboxylic acids is 1. The molecule has 4 atom stereocenters. The molecule has 4 aliphatic rings. The van der Waals surface area contributed by atoms with Crippen molar-refractivity contribution in [3.63, 3.8) is 0 Å². The van der Waals surface area contributed by atoms with Gasteiger partial charge in [0.2, 0.25) is 5.91 Å². The van der Waals surface area contributed by atoms with E-state index in [4.69, 9.17) is 4.74 Å². The Kier molecular flexibility index (Phi) is 2.77. The van der Waals surface area contributed by atoms with Gasteiger partial charge in [0, 0.05) is 18.9 Å². The normalized spacial score (nSPS) is 38.1. The predicted molar refractivity (Wildman–Crippen MR) is 81.7 cm³/mol. The number of fused-ring (bicyclic) bond motifs is 3. The van der Waals surface area contributed by atoms with E-state index in [2.05, 4.69) is 12.1 Å². The zero-order valence-electron chi connectivity index (χ0n) is 13.0. The van der Waals surface area contributed by atoms with Gasteiger partial charge in [-0.2, -0.15) is 0 Å². The second-order valence-electron chi connectivity index (χ2n) is 7.45. The molecule has 2 N–H and O–H groups in total. The molecule has 5 nitrogen and oxygen atoms in total. The van der Waals surface area contributed by atoms with Crippen LogP contribution in [0.3, 0.4) is 0 Å². The van der Waals surface area contributed by atoms with Crippen LogP contribution in [0.1, 0.15) is 47.4 Å². The number of carbonyl (C=O) groups is 1. The molecule has 1 amide bonds. The highest BCUT2D eigenvalue weighted by Gasteiger charge is 2.61. The lowest BCUT2D eigenvalue weighted by molar-refractivity contribution is -0.131. The summed E-state index contributed by atoms with van der Waals surface area (Å²) in [6, 6.07) is 4.35. The van der Waals surface area contributed by atoms with Crippen molar-refractivity contribution in [3.8, 4) is 0 Å². The highest BCUT2D eigenvalue weighted by Crippen LogP contribution is 2.55. The largest absolute Gasteiger partial charge is 0.390 e. The first-order valence-corrected chi connectivity index (χ1v) is 8.49. The van der Waals surface area contributed by atoms with Crippen molar-refractivity contribution in [2.24, 2.45) is 0 Å². The number of rotatable bonds is 0. The molecule has 5 rings (SSSR count). The fourth-order valence-corrected chi connectivity index (χ4v) is 5.39. The van der Waals surface area contributed by atoms with E-state index in [-0.39, 0.29) is 11.8 Å². The molecular weight excluding hydrogens is 294 g/mol. The number of aliphatic hydroxyl groups excluding tert-OH is 2. The van der Waals surface area contributed by atoms with Gasteiger partial charge in [-0.3, -0.25) is 4.79 Å². The summed E-state index contributed by atoms with van der Waals surface area (Å²) in [6.07, 6.45) is 0.994. The molecule has 5 heteroatoms. The number of ether oxygens (including phenoxy) is 1. The average Bonchev–Trinajstić information content (AvgIpc) is 3.14. The maximum Gasteiger partial charge on any atom is 0.223 e. The molecule has 2 fully saturated rings. The fraction of sp³-hybridized carbons (Fsp3) is 0.611. The molecule has 0 aromatic heterocycles. The van der Waals surface area contributed by atoms with Gasteiger partial charge in [-0.25, -0.2) is 0 Å². The van der Waals surface area contributed by atoms with E-state index >= 15 is 0 Å². The van der Waals surface area contributed by atoms with Crippen LogP contribution in [0.5, 0.6) is 0 Å². The lowest BCUT2D eigenvalue weighted by Gasteiger charge is -2.39. The van der Waals surface area contributed by atoms with E-state index in [0.29, 0.717) is 32.6 Å². The van der Waals surface area contributed by atoms with Crippen LogP contribution in [-0.4, -0.2) is 45.3 Å². The molecular formula is C18H21NO4. The minimum atomic E-state index is -0.805. The molecule has 1 saturated heterocycles. The van der Waals surface area contributed by atoms with Gasteiger partial charge >= 0.3 is 0 Å². The number of aliphatic hydroxyl groups is 2. The molecule has 3 aliphatic heterocycles. The van der Waals surface area contributed by atoms with Crippen molar-refractivity contribution < 1.29 is 19.7 Å². The van der Waals surface area contributed by atoms with Gasteiger partial charge in [-0.15, -0.1) is 0 Å². The van der Waals surface area contributed by atoms with Crippen molar-refractivity contribution in [2.75, 3.05) is 6.54 Å². The predicted octanol–water partition coefficient (Wildman–Crippen LogP) is 0.843. The summed E-state index contributed by atoms with van der Waals surface area (Å²) in [6.45, 7) is 1.94. The maximum atomic E-state index is 12.4. The van der Waals surface area contributed by atoms with Crippen molar-refractivity contribution in [2.45, 2.75) is 62.6 Å². The Labute approximate surface area is 134 Å². The standard InChI is InChI=1S/C18H21NO4/c20-14-7-18-3-1-15(21)19(18)4-2-10-5-11-8-23-9-12(11)6-13(10)16(18)17(14)22/h5-6,14,16-17,20,22H,1-4,7-9H2/t14-,16+,17-,18-/m0/s1. The third-order valence-electron chi connectivity index (χ3n) is 6.40. The monoisotopic (exact) mass is 315 g/mol. The smallest absolute Gasteiger partial charge is 0.223 e. The first-order valence-electron chi connectivity index (χ1n) is 8.49. The molecule has 1 aromatic carbocycles. The van der Waals surface area contributed by atoms with Crippen LogP contribution in [0.15, 0.2) is 12.1 Å². The lowest BCUT2D eigenvalue weighted by atomic mass is 9.77. The number of nitrogens with zero attached hydrogens (tertiary/aromatic N) is 1. The third-order valence-corrected chi connectivity index (χ3v) is 6.40. The summed E-state index contributed by atoms with van der Waals surface area (Å²) in [5, 5.41) is 21.1.